The average Bonchev–Trinajstić information content (AvgIpc) is 3.11. The highest BCUT2D eigenvalue weighted by molar-refractivity contribution is 9.10. The highest BCUT2D eigenvalue weighted by Gasteiger charge is 2.54. The van der Waals surface area contributed by atoms with E-state index in [-0.39, 0.29) is 29.5 Å². The molecule has 186 valence electrons. The molecule has 2 saturated carbocycles. The number of hydrogen-bond acceptors (Lipinski definition) is 5. The van der Waals surface area contributed by atoms with E-state index in [1.807, 2.05) is 42.5 Å². The number of amides is 1. The van der Waals surface area contributed by atoms with Crippen LogP contribution < -0.4 is 10.9 Å². The summed E-state index contributed by atoms with van der Waals surface area (Å²) in [5, 5.41) is 27.5. The van der Waals surface area contributed by atoms with E-state index in [0.717, 1.165) is 52.1 Å². The predicted molar refractivity (Wildman–Crippen MR) is 141 cm³/mol. The molecule has 9 heteroatoms. The Labute approximate surface area is 216 Å². The topological polar surface area (TPSA) is 113 Å². The predicted octanol–water partition coefficient (Wildman–Crippen LogP) is 4.26. The molecule has 1 amide bonds. The van der Waals surface area contributed by atoms with Crippen molar-refractivity contribution in [3.63, 3.8) is 0 Å². The number of rotatable bonds is 5. The number of hydrogen-bond donors (Lipinski definition) is 3. The van der Waals surface area contributed by atoms with Gasteiger partial charge in [-0.05, 0) is 69.2 Å². The van der Waals surface area contributed by atoms with Crippen molar-refractivity contribution in [2.75, 3.05) is 0 Å². The van der Waals surface area contributed by atoms with Crippen LogP contribution in [0.4, 0.5) is 0 Å². The molecule has 0 atom stereocenters. The molecule has 2 aromatic carbocycles. The lowest BCUT2D eigenvalue weighted by molar-refractivity contribution is -0.0197. The van der Waals surface area contributed by atoms with Crippen LogP contribution >= 0.6 is 15.9 Å². The minimum Gasteiger partial charge on any atom is -0.389 e. The van der Waals surface area contributed by atoms with Crippen molar-refractivity contribution in [1.82, 2.24) is 25.3 Å². The molecule has 1 spiro atoms. The van der Waals surface area contributed by atoms with Crippen molar-refractivity contribution < 1.29 is 9.90 Å². The average molecular weight is 550 g/mol. The Balaban J connectivity index is 1.14. The minimum atomic E-state index is -0.956. The van der Waals surface area contributed by atoms with Crippen LogP contribution in [0.1, 0.15) is 61.6 Å². The number of halogens is 1. The summed E-state index contributed by atoms with van der Waals surface area (Å²) >= 11 is 3.49. The molecule has 2 aliphatic carbocycles. The number of carbonyl (C=O) groups excluding carboxylic acids is 1. The summed E-state index contributed by atoms with van der Waals surface area (Å²) in [6, 6.07) is 13.5. The van der Waals surface area contributed by atoms with Crippen LogP contribution in [0.5, 0.6) is 0 Å². The lowest BCUT2D eigenvalue weighted by atomic mass is 9.49. The van der Waals surface area contributed by atoms with Gasteiger partial charge < -0.3 is 10.4 Å². The molecular formula is C27H28BrN5O3. The van der Waals surface area contributed by atoms with Crippen molar-refractivity contribution in [3.8, 4) is 0 Å². The molecule has 6 rings (SSSR count). The molecule has 2 fully saturated rings. The Morgan fingerprint density at radius 1 is 1.17 bits per heavy atom. The molecule has 3 N–H and O–H groups in total. The Morgan fingerprint density at radius 2 is 1.89 bits per heavy atom. The number of benzene rings is 2. The van der Waals surface area contributed by atoms with Crippen LogP contribution in [-0.2, 0) is 6.54 Å². The van der Waals surface area contributed by atoms with Gasteiger partial charge in [-0.3, -0.25) is 14.3 Å². The van der Waals surface area contributed by atoms with Crippen LogP contribution in [0.15, 0.2) is 51.7 Å². The third kappa shape index (κ3) is 4.04. The van der Waals surface area contributed by atoms with Crippen LogP contribution in [-0.4, -0.2) is 42.6 Å². The first-order chi connectivity index (χ1) is 17.1. The third-order valence-electron chi connectivity index (χ3n) is 7.63. The monoisotopic (exact) mass is 549 g/mol. The van der Waals surface area contributed by atoms with Crippen molar-refractivity contribution >= 4 is 43.5 Å². The van der Waals surface area contributed by atoms with Crippen LogP contribution in [0.25, 0.3) is 21.7 Å². The van der Waals surface area contributed by atoms with Gasteiger partial charge >= 0.3 is 0 Å². The van der Waals surface area contributed by atoms with Crippen LogP contribution in [0.2, 0.25) is 0 Å². The second-order valence-corrected chi connectivity index (χ2v) is 12.1. The Hall–Kier alpha value is -3.04. The summed E-state index contributed by atoms with van der Waals surface area (Å²) in [4.78, 5) is 25.3. The zero-order valence-corrected chi connectivity index (χ0v) is 21.8. The number of aliphatic hydroxyl groups is 1. The van der Waals surface area contributed by atoms with E-state index in [4.69, 9.17) is 0 Å². The van der Waals surface area contributed by atoms with Gasteiger partial charge in [-0.15, -0.1) is 0 Å². The Bertz CT molecular complexity index is 1550. The first-order valence-corrected chi connectivity index (χ1v) is 13.1. The highest BCUT2D eigenvalue weighted by Crippen LogP contribution is 2.62. The summed E-state index contributed by atoms with van der Waals surface area (Å²) in [5.41, 5.74) is 1.29. The standard InChI is InChI=1S/C27H28BrN5O3/c1-26(2,36)14-33-21-9-16(28)7-8-20(21)23(32-33)25(35)29-17-12-27(13-17)10-15(11-27)22-18-5-3-4-6-19(18)24(34)31-30-22/h3-9,15,17,36H,10-14H2,1-2H3,(H,29,35)(H,31,34)/t15-,17-,27?. The van der Waals surface area contributed by atoms with E-state index < -0.39 is 5.60 Å². The van der Waals surface area contributed by atoms with Crippen molar-refractivity contribution in [1.29, 1.82) is 0 Å². The van der Waals surface area contributed by atoms with Gasteiger partial charge in [-0.2, -0.15) is 10.2 Å². The zero-order valence-electron chi connectivity index (χ0n) is 20.2. The second-order valence-electron chi connectivity index (χ2n) is 11.1. The van der Waals surface area contributed by atoms with Gasteiger partial charge in [-0.1, -0.05) is 34.1 Å². The first-order valence-electron chi connectivity index (χ1n) is 12.3. The van der Waals surface area contributed by atoms with Gasteiger partial charge in [0.25, 0.3) is 11.5 Å². The fourth-order valence-electron chi connectivity index (χ4n) is 6.10. The number of aromatic amines is 1. The molecule has 4 aromatic rings. The largest absolute Gasteiger partial charge is 0.389 e. The maximum atomic E-state index is 13.2. The first kappa shape index (κ1) is 23.4. The summed E-state index contributed by atoms with van der Waals surface area (Å²) in [6.45, 7) is 3.74. The molecule has 0 radical (unpaired) electrons. The molecule has 0 bridgehead atoms. The molecule has 8 nitrogen and oxygen atoms in total. The molecular weight excluding hydrogens is 522 g/mol. The summed E-state index contributed by atoms with van der Waals surface area (Å²) < 4.78 is 2.60. The van der Waals surface area contributed by atoms with Gasteiger partial charge in [0.2, 0.25) is 0 Å². The SMILES string of the molecule is CC(C)(O)Cn1nc(C(=O)N[C@H]2CC3(C2)C[C@H](c2n[nH]c(=O)c4ccccc42)C3)c2ccc(Br)cc21. The summed E-state index contributed by atoms with van der Waals surface area (Å²) in [7, 11) is 0. The van der Waals surface area contributed by atoms with Gasteiger partial charge in [0, 0.05) is 27.2 Å². The van der Waals surface area contributed by atoms with Gasteiger partial charge in [-0.25, -0.2) is 5.10 Å². The molecule has 0 saturated heterocycles. The summed E-state index contributed by atoms with van der Waals surface area (Å²) in [6.07, 6.45) is 3.90. The zero-order chi connectivity index (χ0) is 25.2. The number of H-pyrrole nitrogens is 1. The highest BCUT2D eigenvalue weighted by atomic mass is 79.9. The molecule has 2 aromatic heterocycles. The van der Waals surface area contributed by atoms with Crippen molar-refractivity contribution in [2.45, 2.75) is 63.6 Å². The van der Waals surface area contributed by atoms with E-state index >= 15 is 0 Å². The van der Waals surface area contributed by atoms with Gasteiger partial charge in [0.15, 0.2) is 5.69 Å². The molecule has 0 aliphatic heterocycles. The number of aromatic nitrogens is 4. The number of carbonyl (C=O) groups is 1. The lowest BCUT2D eigenvalue weighted by Crippen LogP contribution is -2.55. The Morgan fingerprint density at radius 3 is 2.61 bits per heavy atom. The van der Waals surface area contributed by atoms with Gasteiger partial charge in [0.1, 0.15) is 0 Å². The van der Waals surface area contributed by atoms with Crippen molar-refractivity contribution in [2.24, 2.45) is 5.41 Å². The molecule has 2 heterocycles. The van der Waals surface area contributed by atoms with E-state index in [2.05, 4.69) is 36.5 Å². The van der Waals surface area contributed by atoms with Crippen molar-refractivity contribution in [3.05, 3.63) is 68.7 Å². The third-order valence-corrected chi connectivity index (χ3v) is 8.12. The summed E-state index contributed by atoms with van der Waals surface area (Å²) in [5.74, 6) is 0.143. The molecule has 0 unspecified atom stereocenters. The van der Waals surface area contributed by atoms with E-state index in [1.165, 1.54) is 0 Å². The quantitative estimate of drug-likeness (QED) is 0.344. The Kier molecular flexibility index (Phi) is 5.35. The minimum absolute atomic E-state index is 0.115. The van der Waals surface area contributed by atoms with E-state index in [1.54, 1.807) is 18.5 Å². The molecule has 2 aliphatic rings. The normalized spacial score (nSPS) is 23.6. The van der Waals surface area contributed by atoms with E-state index in [0.29, 0.717) is 17.0 Å². The van der Waals surface area contributed by atoms with E-state index in [9.17, 15) is 14.7 Å². The van der Waals surface area contributed by atoms with Crippen LogP contribution in [0.3, 0.4) is 0 Å². The van der Waals surface area contributed by atoms with Crippen LogP contribution in [0, 0.1) is 5.41 Å². The molecule has 36 heavy (non-hydrogen) atoms. The maximum Gasteiger partial charge on any atom is 0.272 e. The fraction of sp³-hybridized carbons (Fsp3) is 0.407. The smallest absolute Gasteiger partial charge is 0.272 e. The second kappa shape index (κ2) is 8.24. The van der Waals surface area contributed by atoms with Gasteiger partial charge in [0.05, 0.1) is 28.7 Å². The lowest BCUT2D eigenvalue weighted by Gasteiger charge is -2.57. The number of fused-ring (bicyclic) bond motifs is 2. The number of nitrogens with one attached hydrogen (secondary N) is 2. The maximum absolute atomic E-state index is 13.2. The number of nitrogens with zero attached hydrogens (tertiary/aromatic N) is 3. The fourth-order valence-corrected chi connectivity index (χ4v) is 6.45.